The van der Waals surface area contributed by atoms with Crippen molar-refractivity contribution in [2.24, 2.45) is 13.0 Å². The van der Waals surface area contributed by atoms with E-state index in [1.54, 1.807) is 14.0 Å². The van der Waals surface area contributed by atoms with Gasteiger partial charge in [0, 0.05) is 42.2 Å². The molecule has 1 aliphatic carbocycles. The molecule has 2 unspecified atom stereocenters. The second kappa shape index (κ2) is 6.09. The minimum absolute atomic E-state index is 0.267. The van der Waals surface area contributed by atoms with Gasteiger partial charge >= 0.3 is 0 Å². The van der Waals surface area contributed by atoms with E-state index in [0.717, 1.165) is 11.4 Å². The summed E-state index contributed by atoms with van der Waals surface area (Å²) in [6.07, 6.45) is -0.341. The molecule has 2 heterocycles. The van der Waals surface area contributed by atoms with Gasteiger partial charge in [0.05, 0.1) is 0 Å². The number of aromatic nitrogens is 2. The van der Waals surface area contributed by atoms with Gasteiger partial charge in [0.25, 0.3) is 5.56 Å². The predicted molar refractivity (Wildman–Crippen MR) is 105 cm³/mol. The molecular weight excluding hydrogens is 354 g/mol. The first kappa shape index (κ1) is 19.0. The standard InChI is InChI=1S/C22H27N3O3/c1-11-7-8-15-14(9-11)22(3,4)16(24(15)5)10-13-19(26)18(20(13)27)17-12(2)23-25(6)21(17)28/h7-10,13,18-20,23H,1-6H3/q-2. The fourth-order valence-electron chi connectivity index (χ4n) is 4.95. The number of anilines is 1. The van der Waals surface area contributed by atoms with Gasteiger partial charge in [-0.3, -0.25) is 14.6 Å². The van der Waals surface area contributed by atoms with Gasteiger partial charge < -0.3 is 15.1 Å². The van der Waals surface area contributed by atoms with Gasteiger partial charge in [0.2, 0.25) is 0 Å². The summed E-state index contributed by atoms with van der Waals surface area (Å²) >= 11 is 0. The molecule has 0 amide bonds. The summed E-state index contributed by atoms with van der Waals surface area (Å²) in [7, 11) is 3.59. The molecule has 1 aromatic heterocycles. The molecule has 6 heteroatoms. The second-order valence-corrected chi connectivity index (χ2v) is 8.80. The molecule has 28 heavy (non-hydrogen) atoms. The van der Waals surface area contributed by atoms with Crippen molar-refractivity contribution in [2.45, 2.75) is 51.2 Å². The summed E-state index contributed by atoms with van der Waals surface area (Å²) in [6, 6.07) is 6.34. The van der Waals surface area contributed by atoms with Crippen LogP contribution in [0.1, 0.15) is 42.1 Å². The number of H-pyrrole nitrogens is 1. The number of rotatable bonds is 2. The number of nitrogens with zero attached hydrogens (tertiary/aromatic N) is 2. The number of hydrogen-bond donors (Lipinski definition) is 1. The molecule has 1 N–H and O–H groups in total. The fourth-order valence-corrected chi connectivity index (χ4v) is 4.95. The zero-order valence-electron chi connectivity index (χ0n) is 17.2. The number of nitrogens with one attached hydrogen (secondary N) is 1. The molecule has 2 aliphatic rings. The van der Waals surface area contributed by atoms with Gasteiger partial charge in [-0.05, 0) is 37.3 Å². The summed E-state index contributed by atoms with van der Waals surface area (Å²) in [4.78, 5) is 14.4. The largest absolute Gasteiger partial charge is 0.851 e. The topological polar surface area (TPSA) is 87.1 Å². The Morgan fingerprint density at radius 2 is 1.79 bits per heavy atom. The van der Waals surface area contributed by atoms with Crippen LogP contribution in [0.25, 0.3) is 0 Å². The van der Waals surface area contributed by atoms with Crippen molar-refractivity contribution >= 4 is 5.69 Å². The van der Waals surface area contributed by atoms with Crippen molar-refractivity contribution < 1.29 is 10.2 Å². The molecule has 1 fully saturated rings. The van der Waals surface area contributed by atoms with E-state index in [1.807, 2.05) is 13.1 Å². The predicted octanol–water partition coefficient (Wildman–Crippen LogP) is 0.813. The van der Waals surface area contributed by atoms with E-state index < -0.39 is 24.0 Å². The van der Waals surface area contributed by atoms with Crippen LogP contribution < -0.4 is 20.7 Å². The Labute approximate surface area is 165 Å². The number of fused-ring (bicyclic) bond motifs is 1. The number of aromatic amines is 1. The Balaban J connectivity index is 1.68. The van der Waals surface area contributed by atoms with Crippen LogP contribution in [0.4, 0.5) is 5.69 Å². The zero-order valence-corrected chi connectivity index (χ0v) is 17.2. The first-order valence-electron chi connectivity index (χ1n) is 9.70. The Kier molecular flexibility index (Phi) is 4.14. The van der Waals surface area contributed by atoms with E-state index in [4.69, 9.17) is 0 Å². The maximum absolute atomic E-state index is 13.0. The average molecular weight is 381 g/mol. The van der Waals surface area contributed by atoms with Crippen molar-refractivity contribution in [3.63, 3.8) is 0 Å². The first-order valence-corrected chi connectivity index (χ1v) is 9.70. The van der Waals surface area contributed by atoms with Gasteiger partial charge in [-0.25, -0.2) is 0 Å². The smallest absolute Gasteiger partial charge is 0.269 e. The lowest BCUT2D eigenvalue weighted by Crippen LogP contribution is -2.65. The lowest BCUT2D eigenvalue weighted by Gasteiger charge is -2.60. The molecule has 1 saturated carbocycles. The van der Waals surface area contributed by atoms with Gasteiger partial charge in [-0.2, -0.15) is 0 Å². The molecule has 4 rings (SSSR count). The van der Waals surface area contributed by atoms with Crippen LogP contribution in [0, 0.1) is 19.8 Å². The second-order valence-electron chi connectivity index (χ2n) is 8.80. The fraction of sp³-hybridized carbons (Fsp3) is 0.500. The minimum Gasteiger partial charge on any atom is -0.851 e. The van der Waals surface area contributed by atoms with Crippen molar-refractivity contribution in [2.75, 3.05) is 11.9 Å². The number of hydrogen-bond acceptors (Lipinski definition) is 4. The molecule has 0 radical (unpaired) electrons. The van der Waals surface area contributed by atoms with Crippen molar-refractivity contribution in [3.05, 3.63) is 62.7 Å². The normalized spacial score (nSPS) is 29.9. The van der Waals surface area contributed by atoms with Crippen LogP contribution in [-0.2, 0) is 12.5 Å². The molecule has 0 bridgehead atoms. The van der Waals surface area contributed by atoms with Gasteiger partial charge in [-0.15, -0.1) is 12.2 Å². The Hall–Kier alpha value is -2.31. The molecule has 2 aromatic rings. The molecule has 0 spiro atoms. The van der Waals surface area contributed by atoms with E-state index in [1.165, 1.54) is 15.8 Å². The quantitative estimate of drug-likeness (QED) is 0.834. The van der Waals surface area contributed by atoms with E-state index in [2.05, 4.69) is 49.0 Å². The molecule has 1 aliphatic heterocycles. The lowest BCUT2D eigenvalue weighted by molar-refractivity contribution is -0.543. The number of allylic oxidation sites excluding steroid dienone is 1. The molecule has 0 saturated heterocycles. The summed E-state index contributed by atoms with van der Waals surface area (Å²) in [5.74, 6) is -1.41. The number of benzene rings is 1. The molecule has 150 valence electrons. The third-order valence-electron chi connectivity index (χ3n) is 6.61. The summed E-state index contributed by atoms with van der Waals surface area (Å²) in [6.45, 7) is 8.06. The van der Waals surface area contributed by atoms with Gasteiger partial charge in [0.1, 0.15) is 0 Å². The first-order chi connectivity index (χ1) is 13.1. The third kappa shape index (κ3) is 2.44. The van der Waals surface area contributed by atoms with Gasteiger partial charge in [-0.1, -0.05) is 37.6 Å². The van der Waals surface area contributed by atoms with Crippen molar-refractivity contribution in [1.29, 1.82) is 0 Å². The van der Waals surface area contributed by atoms with E-state index >= 15 is 0 Å². The van der Waals surface area contributed by atoms with E-state index in [9.17, 15) is 15.0 Å². The summed E-state index contributed by atoms with van der Waals surface area (Å²) in [5.41, 5.74) is 4.92. The van der Waals surface area contributed by atoms with Crippen LogP contribution in [0.3, 0.4) is 0 Å². The Bertz CT molecular complexity index is 1020. The highest BCUT2D eigenvalue weighted by molar-refractivity contribution is 5.70. The molecular formula is C22H27N3O3-2. The van der Waals surface area contributed by atoms with Crippen molar-refractivity contribution in [1.82, 2.24) is 9.78 Å². The zero-order chi connectivity index (χ0) is 20.5. The summed E-state index contributed by atoms with van der Waals surface area (Å²) < 4.78 is 1.34. The molecule has 1 aromatic carbocycles. The van der Waals surface area contributed by atoms with Crippen LogP contribution in [0.5, 0.6) is 0 Å². The van der Waals surface area contributed by atoms with Gasteiger partial charge in [0.15, 0.2) is 0 Å². The number of aryl methyl sites for hydroxylation is 3. The van der Waals surface area contributed by atoms with Crippen LogP contribution >= 0.6 is 0 Å². The van der Waals surface area contributed by atoms with Crippen LogP contribution in [0.2, 0.25) is 0 Å². The van der Waals surface area contributed by atoms with E-state index in [0.29, 0.717) is 11.3 Å². The SMILES string of the molecule is Cc1ccc2c(c1)C(C)(C)C(=CC1C([O-])C(c3c(C)[nH]n(C)c3=O)C1[O-])N2C. The third-order valence-corrected chi connectivity index (χ3v) is 6.61. The number of likely N-dealkylation sites (N-methyl/N-ethyl adjacent to an activating group) is 1. The van der Waals surface area contributed by atoms with Crippen LogP contribution in [-0.4, -0.2) is 29.0 Å². The highest BCUT2D eigenvalue weighted by Gasteiger charge is 2.43. The highest BCUT2D eigenvalue weighted by Crippen LogP contribution is 2.49. The Morgan fingerprint density at radius 3 is 2.36 bits per heavy atom. The maximum atomic E-state index is 13.0. The average Bonchev–Trinajstić information content (AvgIpc) is 2.97. The van der Waals surface area contributed by atoms with Crippen molar-refractivity contribution in [3.8, 4) is 0 Å². The van der Waals surface area contributed by atoms with E-state index in [-0.39, 0.29) is 11.0 Å². The minimum atomic E-state index is -1.10. The molecule has 6 nitrogen and oxygen atoms in total. The Morgan fingerprint density at radius 1 is 1.14 bits per heavy atom. The maximum Gasteiger partial charge on any atom is 0.269 e. The summed E-state index contributed by atoms with van der Waals surface area (Å²) in [5, 5.41) is 28.8. The highest BCUT2D eigenvalue weighted by atomic mass is 16.3. The van der Waals surface area contributed by atoms with Crippen LogP contribution in [0.15, 0.2) is 34.8 Å². The lowest BCUT2D eigenvalue weighted by atomic mass is 9.65. The monoisotopic (exact) mass is 381 g/mol. The molecule has 2 atom stereocenters.